The lowest BCUT2D eigenvalue weighted by atomic mass is 10.1. The average Bonchev–Trinajstić information content (AvgIpc) is 1.99. The standard InChI is InChI=1S/C8H14O3/c1-5-7(6(2)3)11-8(9)10-4/h5-7H,1H2,2-4H3/t7-/m0/s1. The molecule has 0 aromatic rings. The lowest BCUT2D eigenvalue weighted by Gasteiger charge is -2.15. The summed E-state index contributed by atoms with van der Waals surface area (Å²) in [4.78, 5) is 10.6. The van der Waals surface area contributed by atoms with Crippen LogP contribution >= 0.6 is 0 Å². The molecule has 11 heavy (non-hydrogen) atoms. The summed E-state index contributed by atoms with van der Waals surface area (Å²) < 4.78 is 9.15. The van der Waals surface area contributed by atoms with Crippen LogP contribution in [0.15, 0.2) is 12.7 Å². The van der Waals surface area contributed by atoms with Crippen LogP contribution in [-0.4, -0.2) is 19.4 Å². The highest BCUT2D eigenvalue weighted by molar-refractivity contribution is 5.60. The number of carbonyl (C=O) groups is 1. The van der Waals surface area contributed by atoms with Crippen LogP contribution in [-0.2, 0) is 9.47 Å². The molecule has 0 saturated carbocycles. The van der Waals surface area contributed by atoms with Crippen molar-refractivity contribution in [1.82, 2.24) is 0 Å². The molecule has 0 heterocycles. The van der Waals surface area contributed by atoms with Crippen molar-refractivity contribution in [2.45, 2.75) is 20.0 Å². The van der Waals surface area contributed by atoms with Crippen molar-refractivity contribution in [3.05, 3.63) is 12.7 Å². The summed E-state index contributed by atoms with van der Waals surface area (Å²) in [5.74, 6) is 0.228. The number of methoxy groups -OCH3 is 1. The lowest BCUT2D eigenvalue weighted by molar-refractivity contribution is 0.0382. The third-order valence-corrected chi connectivity index (χ3v) is 1.29. The summed E-state index contributed by atoms with van der Waals surface area (Å²) in [5.41, 5.74) is 0. The molecule has 0 amide bonds. The van der Waals surface area contributed by atoms with Gasteiger partial charge in [0.25, 0.3) is 0 Å². The Kier molecular flexibility index (Phi) is 4.34. The Labute approximate surface area is 67.0 Å². The molecule has 3 heteroatoms. The van der Waals surface area contributed by atoms with Gasteiger partial charge >= 0.3 is 6.16 Å². The molecule has 1 atom stereocenters. The van der Waals surface area contributed by atoms with E-state index in [2.05, 4.69) is 11.3 Å². The van der Waals surface area contributed by atoms with Gasteiger partial charge in [0.05, 0.1) is 7.11 Å². The maximum atomic E-state index is 10.6. The van der Waals surface area contributed by atoms with E-state index >= 15 is 0 Å². The number of hydrogen-bond donors (Lipinski definition) is 0. The maximum Gasteiger partial charge on any atom is 0.508 e. The quantitative estimate of drug-likeness (QED) is 0.465. The van der Waals surface area contributed by atoms with Gasteiger partial charge in [0.2, 0.25) is 0 Å². The topological polar surface area (TPSA) is 35.5 Å². The largest absolute Gasteiger partial charge is 0.508 e. The van der Waals surface area contributed by atoms with Crippen LogP contribution < -0.4 is 0 Å². The average molecular weight is 158 g/mol. The Bertz CT molecular complexity index is 140. The van der Waals surface area contributed by atoms with Crippen molar-refractivity contribution >= 4 is 6.16 Å². The van der Waals surface area contributed by atoms with E-state index in [4.69, 9.17) is 4.74 Å². The van der Waals surface area contributed by atoms with Crippen molar-refractivity contribution in [2.75, 3.05) is 7.11 Å². The van der Waals surface area contributed by atoms with Crippen molar-refractivity contribution in [2.24, 2.45) is 5.92 Å². The molecule has 64 valence electrons. The second kappa shape index (κ2) is 4.77. The third kappa shape index (κ3) is 3.65. The van der Waals surface area contributed by atoms with Crippen molar-refractivity contribution in [1.29, 1.82) is 0 Å². The van der Waals surface area contributed by atoms with Crippen molar-refractivity contribution in [3.8, 4) is 0 Å². The van der Waals surface area contributed by atoms with Gasteiger partial charge in [-0.25, -0.2) is 4.79 Å². The summed E-state index contributed by atoms with van der Waals surface area (Å²) in [6.45, 7) is 7.42. The molecule has 0 N–H and O–H groups in total. The minimum absolute atomic E-state index is 0.228. The zero-order chi connectivity index (χ0) is 8.85. The summed E-state index contributed by atoms with van der Waals surface area (Å²) in [7, 11) is 1.28. The number of ether oxygens (including phenoxy) is 2. The predicted molar refractivity (Wildman–Crippen MR) is 42.3 cm³/mol. The van der Waals surface area contributed by atoms with E-state index in [9.17, 15) is 4.79 Å². The Balaban J connectivity index is 3.87. The highest BCUT2D eigenvalue weighted by atomic mass is 16.7. The van der Waals surface area contributed by atoms with Crippen LogP contribution in [0, 0.1) is 5.92 Å². The fourth-order valence-corrected chi connectivity index (χ4v) is 0.616. The molecule has 0 aliphatic heterocycles. The van der Waals surface area contributed by atoms with Gasteiger partial charge in [-0.05, 0) is 5.92 Å². The lowest BCUT2D eigenvalue weighted by Crippen LogP contribution is -2.20. The molecular formula is C8H14O3. The number of carbonyl (C=O) groups excluding carboxylic acids is 1. The number of hydrogen-bond acceptors (Lipinski definition) is 3. The molecule has 0 bridgehead atoms. The zero-order valence-corrected chi connectivity index (χ0v) is 7.16. The molecule has 0 aliphatic carbocycles. The normalized spacial score (nSPS) is 12.4. The molecule has 0 saturated heterocycles. The molecule has 0 fully saturated rings. The summed E-state index contributed by atoms with van der Waals surface area (Å²) in [6, 6.07) is 0. The van der Waals surface area contributed by atoms with E-state index in [1.165, 1.54) is 7.11 Å². The second-order valence-corrected chi connectivity index (χ2v) is 2.52. The smallest absolute Gasteiger partial charge is 0.438 e. The van der Waals surface area contributed by atoms with Gasteiger partial charge in [0.1, 0.15) is 6.10 Å². The van der Waals surface area contributed by atoms with E-state index in [-0.39, 0.29) is 12.0 Å². The molecule has 0 aliphatic rings. The monoisotopic (exact) mass is 158 g/mol. The van der Waals surface area contributed by atoms with Crippen LogP contribution in [0.2, 0.25) is 0 Å². The summed E-state index contributed by atoms with van der Waals surface area (Å²) >= 11 is 0. The highest BCUT2D eigenvalue weighted by Crippen LogP contribution is 2.07. The predicted octanol–water partition coefficient (Wildman–Crippen LogP) is 1.98. The second-order valence-electron chi connectivity index (χ2n) is 2.52. The zero-order valence-electron chi connectivity index (χ0n) is 7.16. The van der Waals surface area contributed by atoms with Crippen LogP contribution in [0.4, 0.5) is 4.79 Å². The third-order valence-electron chi connectivity index (χ3n) is 1.29. The van der Waals surface area contributed by atoms with Crippen LogP contribution in [0.5, 0.6) is 0 Å². The molecule has 3 nitrogen and oxygen atoms in total. The minimum atomic E-state index is -0.663. The molecule has 0 aromatic carbocycles. The van der Waals surface area contributed by atoms with Crippen molar-refractivity contribution in [3.63, 3.8) is 0 Å². The van der Waals surface area contributed by atoms with Gasteiger partial charge in [-0.3, -0.25) is 0 Å². The van der Waals surface area contributed by atoms with Gasteiger partial charge in [0.15, 0.2) is 0 Å². The number of rotatable bonds is 3. The van der Waals surface area contributed by atoms with Crippen LogP contribution in [0.1, 0.15) is 13.8 Å². The molecule has 0 aromatic heterocycles. The van der Waals surface area contributed by atoms with E-state index in [0.717, 1.165) is 0 Å². The molecular weight excluding hydrogens is 144 g/mol. The maximum absolute atomic E-state index is 10.6. The fourth-order valence-electron chi connectivity index (χ4n) is 0.616. The Morgan fingerprint density at radius 1 is 1.55 bits per heavy atom. The molecule has 0 unspecified atom stereocenters. The molecule has 0 spiro atoms. The molecule has 0 rings (SSSR count). The van der Waals surface area contributed by atoms with Gasteiger partial charge in [-0.2, -0.15) is 0 Å². The first-order valence-corrected chi connectivity index (χ1v) is 3.49. The van der Waals surface area contributed by atoms with E-state index in [1.54, 1.807) is 6.08 Å². The van der Waals surface area contributed by atoms with Gasteiger partial charge in [0, 0.05) is 0 Å². The first-order valence-electron chi connectivity index (χ1n) is 3.49. The van der Waals surface area contributed by atoms with Crippen LogP contribution in [0.3, 0.4) is 0 Å². The van der Waals surface area contributed by atoms with Gasteiger partial charge in [-0.1, -0.05) is 26.5 Å². The Morgan fingerprint density at radius 2 is 2.09 bits per heavy atom. The van der Waals surface area contributed by atoms with E-state index in [1.807, 2.05) is 13.8 Å². The fraction of sp³-hybridized carbons (Fsp3) is 0.625. The van der Waals surface area contributed by atoms with Gasteiger partial charge in [-0.15, -0.1) is 0 Å². The first kappa shape index (κ1) is 10.0. The Morgan fingerprint density at radius 3 is 2.36 bits per heavy atom. The minimum Gasteiger partial charge on any atom is -0.438 e. The van der Waals surface area contributed by atoms with Gasteiger partial charge < -0.3 is 9.47 Å². The summed E-state index contributed by atoms with van der Waals surface area (Å²) in [6.07, 6.45) is 0.660. The highest BCUT2D eigenvalue weighted by Gasteiger charge is 2.14. The summed E-state index contributed by atoms with van der Waals surface area (Å²) in [5, 5.41) is 0. The van der Waals surface area contributed by atoms with Crippen molar-refractivity contribution < 1.29 is 14.3 Å². The molecule has 0 radical (unpaired) electrons. The van der Waals surface area contributed by atoms with E-state index in [0.29, 0.717) is 0 Å². The Hall–Kier alpha value is -0.990. The SMILES string of the molecule is C=C[C@H](OC(=O)OC)C(C)C. The van der Waals surface area contributed by atoms with Crippen LogP contribution in [0.25, 0.3) is 0 Å². The first-order chi connectivity index (χ1) is 5.11. The van der Waals surface area contributed by atoms with E-state index < -0.39 is 6.16 Å².